The largest absolute Gasteiger partial charge is 0.497 e. The summed E-state index contributed by atoms with van der Waals surface area (Å²) in [7, 11) is 1.69. The van der Waals surface area contributed by atoms with Gasteiger partial charge in [-0.3, -0.25) is 0 Å². The SMILES string of the molecule is COc1ccc(C2(NC(=S)Nc3cccc(C)c3)CCCC2)cc1. The van der Waals surface area contributed by atoms with Crippen molar-refractivity contribution in [1.82, 2.24) is 5.32 Å². The molecule has 2 N–H and O–H groups in total. The molecule has 0 bridgehead atoms. The topological polar surface area (TPSA) is 33.3 Å². The van der Waals surface area contributed by atoms with Crippen LogP contribution in [0.25, 0.3) is 0 Å². The van der Waals surface area contributed by atoms with Crippen LogP contribution in [0.2, 0.25) is 0 Å². The van der Waals surface area contributed by atoms with Gasteiger partial charge in [0.05, 0.1) is 12.6 Å². The van der Waals surface area contributed by atoms with Gasteiger partial charge < -0.3 is 15.4 Å². The zero-order valence-corrected chi connectivity index (χ0v) is 15.1. The van der Waals surface area contributed by atoms with Gasteiger partial charge in [-0.1, -0.05) is 37.1 Å². The first kappa shape index (κ1) is 16.8. The molecule has 4 heteroatoms. The van der Waals surface area contributed by atoms with E-state index in [1.165, 1.54) is 24.0 Å². The van der Waals surface area contributed by atoms with Gasteiger partial charge in [-0.2, -0.15) is 0 Å². The normalized spacial score (nSPS) is 15.8. The van der Waals surface area contributed by atoms with Crippen LogP contribution >= 0.6 is 12.2 Å². The van der Waals surface area contributed by atoms with Crippen LogP contribution in [0.5, 0.6) is 5.75 Å². The lowest BCUT2D eigenvalue weighted by molar-refractivity contribution is 0.401. The summed E-state index contributed by atoms with van der Waals surface area (Å²) in [6, 6.07) is 16.6. The first-order chi connectivity index (χ1) is 11.6. The van der Waals surface area contributed by atoms with Gasteiger partial charge in [-0.25, -0.2) is 0 Å². The van der Waals surface area contributed by atoms with Crippen molar-refractivity contribution in [2.75, 3.05) is 12.4 Å². The van der Waals surface area contributed by atoms with E-state index in [9.17, 15) is 0 Å². The minimum atomic E-state index is -0.0832. The highest BCUT2D eigenvalue weighted by atomic mass is 32.1. The molecule has 1 saturated carbocycles. The summed E-state index contributed by atoms with van der Waals surface area (Å²) in [5.41, 5.74) is 3.43. The smallest absolute Gasteiger partial charge is 0.171 e. The van der Waals surface area contributed by atoms with Gasteiger partial charge in [0.15, 0.2) is 5.11 Å². The fourth-order valence-electron chi connectivity index (χ4n) is 3.48. The lowest BCUT2D eigenvalue weighted by atomic mass is 9.88. The van der Waals surface area contributed by atoms with Crippen LogP contribution in [0.3, 0.4) is 0 Å². The quantitative estimate of drug-likeness (QED) is 0.786. The molecular weight excluding hydrogens is 316 g/mol. The number of rotatable bonds is 4. The molecule has 0 aliphatic heterocycles. The van der Waals surface area contributed by atoms with Crippen molar-refractivity contribution in [2.45, 2.75) is 38.1 Å². The summed E-state index contributed by atoms with van der Waals surface area (Å²) in [5, 5.41) is 7.59. The first-order valence-electron chi connectivity index (χ1n) is 8.42. The third kappa shape index (κ3) is 3.70. The average molecular weight is 340 g/mol. The number of thiocarbonyl (C=S) groups is 1. The Hall–Kier alpha value is -2.07. The highest BCUT2D eigenvalue weighted by Crippen LogP contribution is 2.39. The molecule has 24 heavy (non-hydrogen) atoms. The molecule has 0 atom stereocenters. The molecular formula is C20H24N2OS. The van der Waals surface area contributed by atoms with E-state index in [0.717, 1.165) is 24.3 Å². The molecule has 0 unspecified atom stereocenters. The molecule has 3 rings (SSSR count). The van der Waals surface area contributed by atoms with E-state index in [0.29, 0.717) is 5.11 Å². The molecule has 0 spiro atoms. The summed E-state index contributed by atoms with van der Waals surface area (Å²) in [6.45, 7) is 2.08. The van der Waals surface area contributed by atoms with Crippen molar-refractivity contribution in [2.24, 2.45) is 0 Å². The Morgan fingerprint density at radius 1 is 1.08 bits per heavy atom. The molecule has 0 saturated heterocycles. The maximum Gasteiger partial charge on any atom is 0.171 e. The van der Waals surface area contributed by atoms with Gasteiger partial charge in [-0.05, 0) is 67.4 Å². The summed E-state index contributed by atoms with van der Waals surface area (Å²) >= 11 is 5.59. The number of hydrogen-bond donors (Lipinski definition) is 2. The molecule has 1 aliphatic rings. The fraction of sp³-hybridized carbons (Fsp3) is 0.350. The van der Waals surface area contributed by atoms with Gasteiger partial charge in [0.1, 0.15) is 5.75 Å². The Bertz CT molecular complexity index is 706. The second kappa shape index (κ2) is 7.22. The summed E-state index contributed by atoms with van der Waals surface area (Å²) in [4.78, 5) is 0. The Morgan fingerprint density at radius 2 is 1.79 bits per heavy atom. The van der Waals surface area contributed by atoms with Crippen LogP contribution < -0.4 is 15.4 Å². The van der Waals surface area contributed by atoms with Crippen molar-refractivity contribution in [3.8, 4) is 5.75 Å². The van der Waals surface area contributed by atoms with E-state index in [2.05, 4.69) is 41.8 Å². The van der Waals surface area contributed by atoms with Crippen LogP contribution in [0.4, 0.5) is 5.69 Å². The lowest BCUT2D eigenvalue weighted by Gasteiger charge is -2.32. The fourth-order valence-corrected chi connectivity index (χ4v) is 3.79. The second-order valence-corrected chi connectivity index (χ2v) is 6.87. The predicted molar refractivity (Wildman–Crippen MR) is 104 cm³/mol. The number of nitrogens with one attached hydrogen (secondary N) is 2. The van der Waals surface area contributed by atoms with E-state index in [4.69, 9.17) is 17.0 Å². The van der Waals surface area contributed by atoms with E-state index < -0.39 is 0 Å². The number of ether oxygens (including phenoxy) is 1. The molecule has 1 aliphatic carbocycles. The van der Waals surface area contributed by atoms with Gasteiger partial charge in [0, 0.05) is 5.69 Å². The second-order valence-electron chi connectivity index (χ2n) is 6.47. The number of benzene rings is 2. The van der Waals surface area contributed by atoms with Crippen molar-refractivity contribution in [3.63, 3.8) is 0 Å². The zero-order valence-electron chi connectivity index (χ0n) is 14.3. The van der Waals surface area contributed by atoms with Crippen molar-refractivity contribution >= 4 is 23.0 Å². The van der Waals surface area contributed by atoms with Crippen LogP contribution in [0.1, 0.15) is 36.8 Å². The number of hydrogen-bond acceptors (Lipinski definition) is 2. The standard InChI is InChI=1S/C20H24N2OS/c1-15-6-5-7-17(14-15)21-19(24)22-20(12-3-4-13-20)16-8-10-18(23-2)11-9-16/h5-11,14H,3-4,12-13H2,1-2H3,(H2,21,22,24). The van der Waals surface area contributed by atoms with Crippen LogP contribution in [0, 0.1) is 6.92 Å². The lowest BCUT2D eigenvalue weighted by Crippen LogP contribution is -2.45. The van der Waals surface area contributed by atoms with Gasteiger partial charge in [-0.15, -0.1) is 0 Å². The molecule has 1 fully saturated rings. The molecule has 0 amide bonds. The molecule has 0 heterocycles. The maximum atomic E-state index is 5.59. The van der Waals surface area contributed by atoms with Crippen LogP contribution in [-0.4, -0.2) is 12.2 Å². The molecule has 126 valence electrons. The van der Waals surface area contributed by atoms with Crippen molar-refractivity contribution < 1.29 is 4.74 Å². The summed E-state index contributed by atoms with van der Waals surface area (Å²) < 4.78 is 5.28. The zero-order chi connectivity index (χ0) is 17.0. The monoisotopic (exact) mass is 340 g/mol. The van der Waals surface area contributed by atoms with Gasteiger partial charge >= 0.3 is 0 Å². The Kier molecular flexibility index (Phi) is 5.05. The van der Waals surface area contributed by atoms with Crippen molar-refractivity contribution in [3.05, 3.63) is 59.7 Å². The van der Waals surface area contributed by atoms with Crippen molar-refractivity contribution in [1.29, 1.82) is 0 Å². The van der Waals surface area contributed by atoms with Crippen LogP contribution in [0.15, 0.2) is 48.5 Å². The molecule has 0 radical (unpaired) electrons. The summed E-state index contributed by atoms with van der Waals surface area (Å²) in [6.07, 6.45) is 4.61. The number of anilines is 1. The highest BCUT2D eigenvalue weighted by molar-refractivity contribution is 7.80. The van der Waals surface area contributed by atoms with Gasteiger partial charge in [0.25, 0.3) is 0 Å². The Labute approximate surface area is 149 Å². The third-order valence-electron chi connectivity index (χ3n) is 4.73. The minimum Gasteiger partial charge on any atom is -0.497 e. The molecule has 3 nitrogen and oxygen atoms in total. The minimum absolute atomic E-state index is 0.0832. The average Bonchev–Trinajstić information content (AvgIpc) is 3.04. The Morgan fingerprint density at radius 3 is 2.42 bits per heavy atom. The molecule has 2 aromatic rings. The van der Waals surface area contributed by atoms with E-state index in [1.807, 2.05) is 24.3 Å². The maximum absolute atomic E-state index is 5.59. The number of methoxy groups -OCH3 is 1. The van der Waals surface area contributed by atoms with E-state index >= 15 is 0 Å². The third-order valence-corrected chi connectivity index (χ3v) is 4.93. The van der Waals surface area contributed by atoms with E-state index in [1.54, 1.807) is 7.11 Å². The van der Waals surface area contributed by atoms with Gasteiger partial charge in [0.2, 0.25) is 0 Å². The highest BCUT2D eigenvalue weighted by Gasteiger charge is 2.36. The Balaban J connectivity index is 1.76. The first-order valence-corrected chi connectivity index (χ1v) is 8.82. The molecule has 2 aromatic carbocycles. The van der Waals surface area contributed by atoms with E-state index in [-0.39, 0.29) is 5.54 Å². The predicted octanol–water partition coefficient (Wildman–Crippen LogP) is 4.76. The number of aryl methyl sites for hydroxylation is 1. The summed E-state index contributed by atoms with van der Waals surface area (Å²) in [5.74, 6) is 0.882. The van der Waals surface area contributed by atoms with Crippen LogP contribution in [-0.2, 0) is 5.54 Å². The molecule has 0 aromatic heterocycles.